The zero-order valence-electron chi connectivity index (χ0n) is 13.0. The normalized spacial score (nSPS) is 20.4. The van der Waals surface area contributed by atoms with Gasteiger partial charge < -0.3 is 10.6 Å². The molecule has 1 aliphatic carbocycles. The molecule has 124 valence electrons. The lowest BCUT2D eigenvalue weighted by Gasteiger charge is -2.06. The summed E-state index contributed by atoms with van der Waals surface area (Å²) in [7, 11) is 0. The third-order valence-electron chi connectivity index (χ3n) is 4.55. The minimum atomic E-state index is 0. The van der Waals surface area contributed by atoms with Gasteiger partial charge in [-0.25, -0.2) is 9.67 Å². The van der Waals surface area contributed by atoms with Gasteiger partial charge in [0.1, 0.15) is 0 Å². The van der Waals surface area contributed by atoms with Crippen LogP contribution in [0.15, 0.2) is 18.3 Å². The summed E-state index contributed by atoms with van der Waals surface area (Å²) >= 11 is 0. The molecule has 3 heterocycles. The summed E-state index contributed by atoms with van der Waals surface area (Å²) in [6.07, 6.45) is 5.01. The Balaban J connectivity index is 0.00000156. The van der Waals surface area contributed by atoms with Crippen LogP contribution in [0.5, 0.6) is 0 Å². The van der Waals surface area contributed by atoms with Crippen molar-refractivity contribution >= 4 is 29.3 Å². The van der Waals surface area contributed by atoms with E-state index in [4.69, 9.17) is 5.10 Å². The number of hydrogen-bond donors (Lipinski definition) is 2. The third-order valence-corrected chi connectivity index (χ3v) is 4.55. The number of pyridine rings is 1. The molecular formula is C16H22ClN5O. The largest absolute Gasteiger partial charge is 0.354 e. The van der Waals surface area contributed by atoms with Gasteiger partial charge in [0, 0.05) is 36.5 Å². The first-order valence-electron chi connectivity index (χ1n) is 8.13. The first-order valence-corrected chi connectivity index (χ1v) is 8.13. The maximum absolute atomic E-state index is 11.7. The smallest absolute Gasteiger partial charge is 0.223 e. The predicted octanol–water partition coefficient (Wildman–Crippen LogP) is 1.46. The standard InChI is InChI=1S/C16H21N5O.ClH/c22-16(11-3-4-11)19-8-9-21-15-13(2-1-6-18-15)14(20-21)12-5-7-17-10-12;/h1-2,6,11-12,17H,3-5,7-10H2,(H,19,22);1H. The highest BCUT2D eigenvalue weighted by Crippen LogP contribution is 2.29. The average Bonchev–Trinajstić information content (AvgIpc) is 3.13. The van der Waals surface area contributed by atoms with Crippen LogP contribution in [0.4, 0.5) is 0 Å². The number of rotatable bonds is 5. The van der Waals surface area contributed by atoms with Crippen molar-refractivity contribution in [3.63, 3.8) is 0 Å². The topological polar surface area (TPSA) is 71.8 Å². The molecule has 7 heteroatoms. The fourth-order valence-electron chi connectivity index (χ4n) is 3.15. The van der Waals surface area contributed by atoms with Crippen molar-refractivity contribution in [1.82, 2.24) is 25.4 Å². The van der Waals surface area contributed by atoms with E-state index in [2.05, 4.69) is 21.7 Å². The average molecular weight is 336 g/mol. The lowest BCUT2D eigenvalue weighted by molar-refractivity contribution is -0.122. The van der Waals surface area contributed by atoms with Crippen LogP contribution in [0, 0.1) is 5.92 Å². The molecule has 1 unspecified atom stereocenters. The number of nitrogens with one attached hydrogen (secondary N) is 2. The van der Waals surface area contributed by atoms with E-state index in [0.29, 0.717) is 19.0 Å². The molecular weight excluding hydrogens is 314 g/mol. The SMILES string of the molecule is Cl.O=C(NCCn1nc(C2CCNC2)c2cccnc21)C1CC1. The van der Waals surface area contributed by atoms with Crippen molar-refractivity contribution in [1.29, 1.82) is 0 Å². The second-order valence-corrected chi connectivity index (χ2v) is 6.24. The highest BCUT2D eigenvalue weighted by molar-refractivity contribution is 5.85. The van der Waals surface area contributed by atoms with Crippen molar-refractivity contribution in [2.75, 3.05) is 19.6 Å². The molecule has 1 amide bonds. The van der Waals surface area contributed by atoms with Gasteiger partial charge in [0.2, 0.25) is 5.91 Å². The molecule has 4 rings (SSSR count). The summed E-state index contributed by atoms with van der Waals surface area (Å²) in [5.74, 6) is 0.909. The van der Waals surface area contributed by atoms with E-state index in [1.165, 1.54) is 0 Å². The van der Waals surface area contributed by atoms with Crippen LogP contribution in [0.1, 0.15) is 30.9 Å². The Kier molecular flexibility index (Phi) is 4.82. The first-order chi connectivity index (χ1) is 10.8. The van der Waals surface area contributed by atoms with Crippen molar-refractivity contribution in [3.05, 3.63) is 24.0 Å². The summed E-state index contributed by atoms with van der Waals surface area (Å²) < 4.78 is 1.94. The minimum Gasteiger partial charge on any atom is -0.354 e. The summed E-state index contributed by atoms with van der Waals surface area (Å²) in [5, 5.41) is 12.3. The Labute approximate surface area is 141 Å². The van der Waals surface area contributed by atoms with Crippen molar-refractivity contribution in [3.8, 4) is 0 Å². The van der Waals surface area contributed by atoms with Crippen LogP contribution in [-0.4, -0.2) is 40.3 Å². The van der Waals surface area contributed by atoms with E-state index in [-0.39, 0.29) is 24.2 Å². The molecule has 23 heavy (non-hydrogen) atoms. The second-order valence-electron chi connectivity index (χ2n) is 6.24. The monoisotopic (exact) mass is 335 g/mol. The highest BCUT2D eigenvalue weighted by atomic mass is 35.5. The number of fused-ring (bicyclic) bond motifs is 1. The fourth-order valence-corrected chi connectivity index (χ4v) is 3.15. The van der Waals surface area contributed by atoms with E-state index < -0.39 is 0 Å². The molecule has 1 saturated carbocycles. The minimum absolute atomic E-state index is 0. The molecule has 1 atom stereocenters. The number of carbonyl (C=O) groups is 1. The molecule has 6 nitrogen and oxygen atoms in total. The van der Waals surface area contributed by atoms with Gasteiger partial charge in [-0.1, -0.05) is 0 Å². The van der Waals surface area contributed by atoms with Gasteiger partial charge in [0.15, 0.2) is 5.65 Å². The van der Waals surface area contributed by atoms with E-state index in [1.807, 2.05) is 10.7 Å². The van der Waals surface area contributed by atoms with Gasteiger partial charge >= 0.3 is 0 Å². The molecule has 2 aromatic rings. The van der Waals surface area contributed by atoms with Crippen LogP contribution in [-0.2, 0) is 11.3 Å². The molecule has 2 N–H and O–H groups in total. The van der Waals surface area contributed by atoms with Gasteiger partial charge in [-0.05, 0) is 37.9 Å². The molecule has 0 bridgehead atoms. The lowest BCUT2D eigenvalue weighted by atomic mass is 10.0. The van der Waals surface area contributed by atoms with Crippen LogP contribution in [0.25, 0.3) is 11.0 Å². The third kappa shape index (κ3) is 3.33. The number of aromatic nitrogens is 3. The predicted molar refractivity (Wildman–Crippen MR) is 90.7 cm³/mol. The van der Waals surface area contributed by atoms with Crippen LogP contribution in [0.2, 0.25) is 0 Å². The molecule has 2 fully saturated rings. The van der Waals surface area contributed by atoms with Gasteiger partial charge in [-0.15, -0.1) is 12.4 Å². The van der Waals surface area contributed by atoms with Crippen LogP contribution in [0.3, 0.4) is 0 Å². The van der Waals surface area contributed by atoms with Gasteiger partial charge in [0.25, 0.3) is 0 Å². The van der Waals surface area contributed by atoms with E-state index >= 15 is 0 Å². The summed E-state index contributed by atoms with van der Waals surface area (Å²) in [5.41, 5.74) is 2.06. The van der Waals surface area contributed by atoms with E-state index in [9.17, 15) is 4.79 Å². The summed E-state index contributed by atoms with van der Waals surface area (Å²) in [6, 6.07) is 4.07. The summed E-state index contributed by atoms with van der Waals surface area (Å²) in [4.78, 5) is 16.2. The maximum Gasteiger partial charge on any atom is 0.223 e. The number of halogens is 1. The van der Waals surface area contributed by atoms with Crippen molar-refractivity contribution in [2.24, 2.45) is 5.92 Å². The molecule has 2 aliphatic rings. The number of hydrogen-bond acceptors (Lipinski definition) is 4. The second kappa shape index (κ2) is 6.84. The summed E-state index contributed by atoms with van der Waals surface area (Å²) in [6.45, 7) is 3.33. The van der Waals surface area contributed by atoms with Crippen molar-refractivity contribution < 1.29 is 4.79 Å². The molecule has 0 spiro atoms. The maximum atomic E-state index is 11.7. The van der Waals surface area contributed by atoms with Gasteiger partial charge in [-0.3, -0.25) is 4.79 Å². The number of nitrogens with zero attached hydrogens (tertiary/aromatic N) is 3. The van der Waals surface area contributed by atoms with Crippen molar-refractivity contribution in [2.45, 2.75) is 31.7 Å². The van der Waals surface area contributed by atoms with Gasteiger partial charge in [0.05, 0.1) is 12.2 Å². The Hall–Kier alpha value is -1.66. The molecule has 1 aliphatic heterocycles. The molecule has 0 radical (unpaired) electrons. The molecule has 2 aromatic heterocycles. The van der Waals surface area contributed by atoms with Crippen LogP contribution >= 0.6 is 12.4 Å². The quantitative estimate of drug-likeness (QED) is 0.867. The Morgan fingerprint density at radius 1 is 1.39 bits per heavy atom. The first kappa shape index (κ1) is 16.2. The number of amides is 1. The fraction of sp³-hybridized carbons (Fsp3) is 0.562. The van der Waals surface area contributed by atoms with Gasteiger partial charge in [-0.2, -0.15) is 5.10 Å². The number of carbonyl (C=O) groups excluding carboxylic acids is 1. The molecule has 0 aromatic carbocycles. The zero-order valence-corrected chi connectivity index (χ0v) is 13.8. The Bertz CT molecular complexity index is 691. The zero-order chi connectivity index (χ0) is 14.9. The Morgan fingerprint density at radius 2 is 2.26 bits per heavy atom. The van der Waals surface area contributed by atoms with E-state index in [1.54, 1.807) is 6.20 Å². The van der Waals surface area contributed by atoms with E-state index in [0.717, 1.165) is 49.1 Å². The Morgan fingerprint density at radius 3 is 3.00 bits per heavy atom. The molecule has 1 saturated heterocycles. The lowest BCUT2D eigenvalue weighted by Crippen LogP contribution is -2.28. The van der Waals surface area contributed by atoms with Crippen LogP contribution < -0.4 is 10.6 Å². The highest BCUT2D eigenvalue weighted by Gasteiger charge is 2.29.